The molecule has 0 aromatic carbocycles. The van der Waals surface area contributed by atoms with Crippen molar-refractivity contribution in [3.8, 4) is 5.19 Å². The second-order valence-corrected chi connectivity index (χ2v) is 4.32. The molecule has 17 heavy (non-hydrogen) atoms. The first-order chi connectivity index (χ1) is 8.05. The third-order valence-corrected chi connectivity index (χ3v) is 2.93. The van der Waals surface area contributed by atoms with Gasteiger partial charge >= 0.3 is 6.18 Å². The molecule has 0 spiro atoms. The summed E-state index contributed by atoms with van der Waals surface area (Å²) >= 11 is 0.383. The van der Waals surface area contributed by atoms with Gasteiger partial charge in [0.25, 0.3) is 5.19 Å². The second kappa shape index (κ2) is 5.15. The minimum atomic E-state index is -4.47. The predicted octanol–water partition coefficient (Wildman–Crippen LogP) is 0.924. The molecule has 1 aliphatic rings. The Morgan fingerprint density at radius 2 is 2.29 bits per heavy atom. The highest BCUT2D eigenvalue weighted by molar-refractivity contribution is 7.13. The second-order valence-electron chi connectivity index (χ2n) is 3.38. The lowest BCUT2D eigenvalue weighted by Gasteiger charge is -2.22. The number of morpholine rings is 1. The quantitative estimate of drug-likeness (QED) is 0.884. The number of alkyl halides is 3. The predicted molar refractivity (Wildman–Crippen MR) is 53.0 cm³/mol. The summed E-state index contributed by atoms with van der Waals surface area (Å²) in [4.78, 5) is 0. The van der Waals surface area contributed by atoms with E-state index in [9.17, 15) is 13.2 Å². The average molecular weight is 269 g/mol. The van der Waals surface area contributed by atoms with Crippen LogP contribution in [0.15, 0.2) is 0 Å². The monoisotopic (exact) mass is 269 g/mol. The van der Waals surface area contributed by atoms with Crippen LogP contribution in [-0.2, 0) is 10.9 Å². The molecule has 1 unspecified atom stereocenters. The highest BCUT2D eigenvalue weighted by Crippen LogP contribution is 2.33. The van der Waals surface area contributed by atoms with Crippen LogP contribution in [0.2, 0.25) is 0 Å². The van der Waals surface area contributed by atoms with Crippen LogP contribution in [0.3, 0.4) is 0 Å². The molecule has 1 fully saturated rings. The number of hydrogen-bond donors (Lipinski definition) is 1. The van der Waals surface area contributed by atoms with Gasteiger partial charge in [-0.1, -0.05) is 16.4 Å². The van der Waals surface area contributed by atoms with Gasteiger partial charge in [0.1, 0.15) is 12.7 Å². The topological polar surface area (TPSA) is 56.3 Å². The number of halogens is 3. The van der Waals surface area contributed by atoms with Crippen LogP contribution >= 0.6 is 11.3 Å². The van der Waals surface area contributed by atoms with Crippen molar-refractivity contribution in [3.05, 3.63) is 5.01 Å². The molecule has 2 rings (SSSR count). The number of nitrogens with zero attached hydrogens (tertiary/aromatic N) is 2. The van der Waals surface area contributed by atoms with Crippen LogP contribution in [0.1, 0.15) is 5.01 Å². The van der Waals surface area contributed by atoms with Crippen LogP contribution in [-0.4, -0.2) is 42.6 Å². The van der Waals surface area contributed by atoms with Crippen LogP contribution in [0.4, 0.5) is 13.2 Å². The molecule has 1 aromatic heterocycles. The Morgan fingerprint density at radius 3 is 2.88 bits per heavy atom. The Bertz CT molecular complexity index is 365. The first-order valence-electron chi connectivity index (χ1n) is 4.91. The minimum Gasteiger partial charge on any atom is -0.466 e. The molecular weight excluding hydrogens is 259 g/mol. The van der Waals surface area contributed by atoms with Crippen molar-refractivity contribution in [2.24, 2.45) is 0 Å². The largest absolute Gasteiger partial charge is 0.466 e. The summed E-state index contributed by atoms with van der Waals surface area (Å²) in [6.07, 6.45) is -4.63. The summed E-state index contributed by atoms with van der Waals surface area (Å²) in [7, 11) is 0. The van der Waals surface area contributed by atoms with Crippen molar-refractivity contribution in [1.82, 2.24) is 15.5 Å². The van der Waals surface area contributed by atoms with Gasteiger partial charge in [-0.15, -0.1) is 5.10 Å². The SMILES string of the molecule is FC(F)(F)c1nnc(OCC2CNCCO2)s1. The van der Waals surface area contributed by atoms with Gasteiger partial charge in [0, 0.05) is 13.1 Å². The molecule has 5 nitrogen and oxygen atoms in total. The summed E-state index contributed by atoms with van der Waals surface area (Å²) in [6, 6.07) is 0. The van der Waals surface area contributed by atoms with Crippen molar-refractivity contribution in [3.63, 3.8) is 0 Å². The summed E-state index contributed by atoms with van der Waals surface area (Å²) in [5.74, 6) is 0. The summed E-state index contributed by atoms with van der Waals surface area (Å²) in [5, 5.41) is 8.32. The standard InChI is InChI=1S/C8H10F3N3O2S/c9-8(10,11)6-13-14-7(17-6)16-4-5-3-12-1-2-15-5/h5,12H,1-4H2. The van der Waals surface area contributed by atoms with Crippen LogP contribution in [0, 0.1) is 0 Å². The van der Waals surface area contributed by atoms with E-state index < -0.39 is 11.2 Å². The Labute approximate surface area is 98.9 Å². The third-order valence-electron chi connectivity index (χ3n) is 2.05. The van der Waals surface area contributed by atoms with E-state index in [1.807, 2.05) is 0 Å². The Morgan fingerprint density at radius 1 is 1.47 bits per heavy atom. The molecule has 0 bridgehead atoms. The first-order valence-corrected chi connectivity index (χ1v) is 5.73. The zero-order valence-electron chi connectivity index (χ0n) is 8.66. The lowest BCUT2D eigenvalue weighted by molar-refractivity contribution is -0.138. The molecule has 0 amide bonds. The van der Waals surface area contributed by atoms with Crippen molar-refractivity contribution < 1.29 is 22.6 Å². The summed E-state index contributed by atoms with van der Waals surface area (Å²) in [5.41, 5.74) is 0. The van der Waals surface area contributed by atoms with Gasteiger partial charge in [0.05, 0.1) is 6.61 Å². The number of aromatic nitrogens is 2. The van der Waals surface area contributed by atoms with Crippen molar-refractivity contribution >= 4 is 11.3 Å². The number of hydrogen-bond acceptors (Lipinski definition) is 6. The Hall–Kier alpha value is -0.930. The fourth-order valence-electron chi connectivity index (χ4n) is 1.27. The van der Waals surface area contributed by atoms with E-state index in [1.54, 1.807) is 0 Å². The van der Waals surface area contributed by atoms with Gasteiger partial charge in [-0.25, -0.2) is 0 Å². The van der Waals surface area contributed by atoms with Gasteiger partial charge in [0.2, 0.25) is 5.01 Å². The van der Waals surface area contributed by atoms with Gasteiger partial charge in [-0.2, -0.15) is 13.2 Å². The molecule has 96 valence electrons. The number of rotatable bonds is 3. The Kier molecular flexibility index (Phi) is 3.79. The van der Waals surface area contributed by atoms with Gasteiger partial charge < -0.3 is 14.8 Å². The average Bonchev–Trinajstić information content (AvgIpc) is 2.76. The molecule has 0 radical (unpaired) electrons. The van der Waals surface area contributed by atoms with E-state index in [-0.39, 0.29) is 17.9 Å². The van der Waals surface area contributed by atoms with Gasteiger partial charge in [-0.3, -0.25) is 0 Å². The van der Waals surface area contributed by atoms with E-state index in [0.29, 0.717) is 24.5 Å². The highest BCUT2D eigenvalue weighted by atomic mass is 32.1. The number of ether oxygens (including phenoxy) is 2. The fraction of sp³-hybridized carbons (Fsp3) is 0.750. The molecule has 1 aromatic rings. The molecule has 2 heterocycles. The van der Waals surface area contributed by atoms with Crippen LogP contribution in [0.5, 0.6) is 5.19 Å². The minimum absolute atomic E-state index is 0.0912. The lowest BCUT2D eigenvalue weighted by atomic mass is 10.3. The third kappa shape index (κ3) is 3.51. The molecule has 0 aliphatic carbocycles. The molecule has 1 aliphatic heterocycles. The summed E-state index contributed by atoms with van der Waals surface area (Å²) < 4.78 is 47.1. The van der Waals surface area contributed by atoms with E-state index >= 15 is 0 Å². The maximum absolute atomic E-state index is 12.2. The zero-order valence-corrected chi connectivity index (χ0v) is 9.48. The van der Waals surface area contributed by atoms with Crippen LogP contribution in [0.25, 0.3) is 0 Å². The van der Waals surface area contributed by atoms with E-state index in [4.69, 9.17) is 9.47 Å². The van der Waals surface area contributed by atoms with Crippen molar-refractivity contribution in [2.45, 2.75) is 12.3 Å². The zero-order chi connectivity index (χ0) is 12.3. The van der Waals surface area contributed by atoms with Crippen molar-refractivity contribution in [2.75, 3.05) is 26.3 Å². The first kappa shape index (κ1) is 12.5. The highest BCUT2D eigenvalue weighted by Gasteiger charge is 2.36. The van der Waals surface area contributed by atoms with Gasteiger partial charge in [0.15, 0.2) is 0 Å². The van der Waals surface area contributed by atoms with Crippen LogP contribution < -0.4 is 10.1 Å². The normalized spacial score (nSPS) is 21.5. The summed E-state index contributed by atoms with van der Waals surface area (Å²) in [6.45, 7) is 2.12. The fourth-order valence-corrected chi connectivity index (χ4v) is 1.85. The molecule has 1 saturated heterocycles. The molecular formula is C8H10F3N3O2S. The van der Waals surface area contributed by atoms with E-state index in [1.165, 1.54) is 0 Å². The number of nitrogens with one attached hydrogen (secondary N) is 1. The maximum Gasteiger partial charge on any atom is 0.445 e. The molecule has 0 saturated carbocycles. The molecule has 9 heteroatoms. The molecule has 1 N–H and O–H groups in total. The lowest BCUT2D eigenvalue weighted by Crippen LogP contribution is -2.41. The Balaban J connectivity index is 1.84. The van der Waals surface area contributed by atoms with Gasteiger partial charge in [-0.05, 0) is 0 Å². The van der Waals surface area contributed by atoms with E-state index in [0.717, 1.165) is 6.54 Å². The molecule has 1 atom stereocenters. The smallest absolute Gasteiger partial charge is 0.445 e. The van der Waals surface area contributed by atoms with E-state index in [2.05, 4.69) is 15.5 Å². The van der Waals surface area contributed by atoms with Crippen molar-refractivity contribution in [1.29, 1.82) is 0 Å². The maximum atomic E-state index is 12.2.